The van der Waals surface area contributed by atoms with Gasteiger partial charge in [0.1, 0.15) is 6.04 Å². The van der Waals surface area contributed by atoms with Gasteiger partial charge in [0.15, 0.2) is 0 Å². The predicted octanol–water partition coefficient (Wildman–Crippen LogP) is -0.941. The summed E-state index contributed by atoms with van der Waals surface area (Å²) in [6.07, 6.45) is 0.132. The lowest BCUT2D eigenvalue weighted by Gasteiger charge is -2.21. The summed E-state index contributed by atoms with van der Waals surface area (Å²) in [4.78, 5) is 46.7. The van der Waals surface area contributed by atoms with Crippen LogP contribution in [0.5, 0.6) is 0 Å². The lowest BCUT2D eigenvalue weighted by Crippen LogP contribution is -2.50. The maximum Gasteiger partial charge on any atom is 0.330 e. The Hall–Kier alpha value is -1.92. The van der Waals surface area contributed by atoms with E-state index in [1.807, 2.05) is 0 Å². The smallest absolute Gasteiger partial charge is 0.330 e. The Morgan fingerprint density at radius 1 is 1.50 bits per heavy atom. The molecule has 0 bridgehead atoms. The molecule has 0 spiro atoms. The third kappa shape index (κ3) is 3.06. The number of amides is 3. The first-order valence-electron chi connectivity index (χ1n) is 5.56. The van der Waals surface area contributed by atoms with Gasteiger partial charge in [0.05, 0.1) is 13.7 Å². The van der Waals surface area contributed by atoms with Crippen LogP contribution in [0.3, 0.4) is 0 Å². The second-order valence-electron chi connectivity index (χ2n) is 4.22. The topological polar surface area (TPSA) is 92.8 Å². The number of nitrogens with one attached hydrogen (secondary N) is 1. The number of rotatable bonds is 4. The molecule has 2 atom stereocenters. The molecule has 0 aromatic carbocycles. The van der Waals surface area contributed by atoms with Crippen LogP contribution in [0.4, 0.5) is 0 Å². The fourth-order valence-electron chi connectivity index (χ4n) is 1.79. The maximum atomic E-state index is 11.7. The number of ether oxygens (including phenoxy) is 1. The highest BCUT2D eigenvalue weighted by atomic mass is 16.5. The molecular weight excluding hydrogens is 240 g/mol. The molecule has 3 amide bonds. The largest absolute Gasteiger partial charge is 0.467 e. The minimum absolute atomic E-state index is 0.132. The normalized spacial score (nSPS) is 20.8. The summed E-state index contributed by atoms with van der Waals surface area (Å²) in [7, 11) is 1.17. The van der Waals surface area contributed by atoms with Gasteiger partial charge in [-0.25, -0.2) is 4.79 Å². The fraction of sp³-hybridized carbons (Fsp3) is 0.636. The van der Waals surface area contributed by atoms with Gasteiger partial charge in [0.25, 0.3) is 0 Å². The van der Waals surface area contributed by atoms with Crippen LogP contribution >= 0.6 is 0 Å². The van der Waals surface area contributed by atoms with Crippen molar-refractivity contribution in [3.8, 4) is 0 Å². The fourth-order valence-corrected chi connectivity index (χ4v) is 1.79. The molecular formula is C11H16N2O5. The van der Waals surface area contributed by atoms with E-state index in [1.54, 1.807) is 6.92 Å². The predicted molar refractivity (Wildman–Crippen MR) is 60.1 cm³/mol. The monoisotopic (exact) mass is 256 g/mol. The van der Waals surface area contributed by atoms with Crippen molar-refractivity contribution in [2.24, 2.45) is 5.92 Å². The Labute approximate surface area is 104 Å². The summed E-state index contributed by atoms with van der Waals surface area (Å²) >= 11 is 0. The summed E-state index contributed by atoms with van der Waals surface area (Å²) in [5, 5.41) is 2.35. The van der Waals surface area contributed by atoms with E-state index >= 15 is 0 Å². The molecule has 1 heterocycles. The zero-order valence-electron chi connectivity index (χ0n) is 10.6. The van der Waals surface area contributed by atoms with E-state index in [2.05, 4.69) is 10.1 Å². The standard InChI is InChI=1S/C11H16N2O5/c1-6-4-9(15)13(10(6)16)5-8(11(17)18-3)12-7(2)14/h6,8H,4-5H2,1-3H3,(H,12,14). The highest BCUT2D eigenvalue weighted by molar-refractivity contribution is 6.03. The second kappa shape index (κ2) is 5.61. The van der Waals surface area contributed by atoms with Crippen LogP contribution in [-0.2, 0) is 23.9 Å². The third-order valence-corrected chi connectivity index (χ3v) is 2.70. The van der Waals surface area contributed by atoms with E-state index in [4.69, 9.17) is 0 Å². The molecule has 0 aromatic heterocycles. The van der Waals surface area contributed by atoms with Crippen molar-refractivity contribution in [1.82, 2.24) is 10.2 Å². The molecule has 7 heteroatoms. The summed E-state index contributed by atoms with van der Waals surface area (Å²) in [6.45, 7) is 2.70. The first kappa shape index (κ1) is 14.1. The summed E-state index contributed by atoms with van der Waals surface area (Å²) in [5.41, 5.74) is 0. The van der Waals surface area contributed by atoms with Crippen molar-refractivity contribution in [3.63, 3.8) is 0 Å². The number of imide groups is 1. The van der Waals surface area contributed by atoms with Crippen molar-refractivity contribution in [2.45, 2.75) is 26.3 Å². The molecule has 100 valence electrons. The van der Waals surface area contributed by atoms with E-state index < -0.39 is 17.9 Å². The molecule has 1 aliphatic rings. The molecule has 1 N–H and O–H groups in total. The number of hydrogen-bond acceptors (Lipinski definition) is 5. The minimum Gasteiger partial charge on any atom is -0.467 e. The van der Waals surface area contributed by atoms with E-state index in [1.165, 1.54) is 14.0 Å². The molecule has 1 rings (SSSR count). The van der Waals surface area contributed by atoms with E-state index in [0.29, 0.717) is 0 Å². The van der Waals surface area contributed by atoms with Gasteiger partial charge in [0, 0.05) is 19.3 Å². The highest BCUT2D eigenvalue weighted by Crippen LogP contribution is 2.18. The lowest BCUT2D eigenvalue weighted by molar-refractivity contribution is -0.147. The summed E-state index contributed by atoms with van der Waals surface area (Å²) < 4.78 is 4.52. The highest BCUT2D eigenvalue weighted by Gasteiger charge is 2.38. The number of carbonyl (C=O) groups is 4. The zero-order valence-corrected chi connectivity index (χ0v) is 10.6. The first-order chi connectivity index (χ1) is 8.36. The molecule has 7 nitrogen and oxygen atoms in total. The van der Waals surface area contributed by atoms with Crippen LogP contribution < -0.4 is 5.32 Å². The van der Waals surface area contributed by atoms with Crippen LogP contribution in [0.25, 0.3) is 0 Å². The maximum absolute atomic E-state index is 11.7. The van der Waals surface area contributed by atoms with E-state index in [0.717, 1.165) is 4.90 Å². The van der Waals surface area contributed by atoms with Gasteiger partial charge in [-0.05, 0) is 0 Å². The number of methoxy groups -OCH3 is 1. The van der Waals surface area contributed by atoms with Crippen LogP contribution in [-0.4, -0.2) is 48.3 Å². The third-order valence-electron chi connectivity index (χ3n) is 2.70. The minimum atomic E-state index is -1.02. The molecule has 2 unspecified atom stereocenters. The van der Waals surface area contributed by atoms with Crippen LogP contribution in [0, 0.1) is 5.92 Å². The molecule has 18 heavy (non-hydrogen) atoms. The molecule has 0 aromatic rings. The van der Waals surface area contributed by atoms with Crippen LogP contribution in [0.15, 0.2) is 0 Å². The number of nitrogens with zero attached hydrogens (tertiary/aromatic N) is 1. The van der Waals surface area contributed by atoms with Gasteiger partial charge in [-0.15, -0.1) is 0 Å². The van der Waals surface area contributed by atoms with Gasteiger partial charge in [-0.2, -0.15) is 0 Å². The number of carbonyl (C=O) groups excluding carboxylic acids is 4. The lowest BCUT2D eigenvalue weighted by atomic mass is 10.1. The number of hydrogen-bond donors (Lipinski definition) is 1. The van der Waals surface area contributed by atoms with Crippen molar-refractivity contribution in [1.29, 1.82) is 0 Å². The van der Waals surface area contributed by atoms with Crippen molar-refractivity contribution in [3.05, 3.63) is 0 Å². The molecule has 0 radical (unpaired) electrons. The Balaban J connectivity index is 2.77. The summed E-state index contributed by atoms with van der Waals surface area (Å²) in [6, 6.07) is -1.02. The molecule has 1 aliphatic heterocycles. The van der Waals surface area contributed by atoms with Gasteiger partial charge in [0.2, 0.25) is 17.7 Å². The Kier molecular flexibility index (Phi) is 4.41. The molecule has 1 fully saturated rings. The van der Waals surface area contributed by atoms with E-state index in [-0.39, 0.29) is 30.7 Å². The van der Waals surface area contributed by atoms with Crippen molar-refractivity contribution in [2.75, 3.05) is 13.7 Å². The molecule has 0 saturated carbocycles. The van der Waals surface area contributed by atoms with Crippen molar-refractivity contribution < 1.29 is 23.9 Å². The van der Waals surface area contributed by atoms with Crippen molar-refractivity contribution >= 4 is 23.7 Å². The molecule has 0 aliphatic carbocycles. The number of likely N-dealkylation sites (tertiary alicyclic amines) is 1. The number of esters is 1. The SMILES string of the molecule is COC(=O)C(CN1C(=O)CC(C)C1=O)NC(C)=O. The Morgan fingerprint density at radius 3 is 2.50 bits per heavy atom. The van der Waals surface area contributed by atoms with Gasteiger partial charge < -0.3 is 10.1 Å². The first-order valence-corrected chi connectivity index (χ1v) is 5.56. The van der Waals surface area contributed by atoms with Gasteiger partial charge >= 0.3 is 5.97 Å². The molecule has 1 saturated heterocycles. The van der Waals surface area contributed by atoms with E-state index in [9.17, 15) is 19.2 Å². The van der Waals surface area contributed by atoms with Crippen LogP contribution in [0.2, 0.25) is 0 Å². The van der Waals surface area contributed by atoms with Gasteiger partial charge in [-0.3, -0.25) is 19.3 Å². The quantitative estimate of drug-likeness (QED) is 0.517. The Bertz CT molecular complexity index is 393. The van der Waals surface area contributed by atoms with Crippen LogP contribution in [0.1, 0.15) is 20.3 Å². The summed E-state index contributed by atoms with van der Waals surface area (Å²) in [5.74, 6) is -2.18. The second-order valence-corrected chi connectivity index (χ2v) is 4.22. The Morgan fingerprint density at radius 2 is 2.11 bits per heavy atom. The average Bonchev–Trinajstić information content (AvgIpc) is 2.53. The zero-order chi connectivity index (χ0) is 13.9. The van der Waals surface area contributed by atoms with Gasteiger partial charge in [-0.1, -0.05) is 6.92 Å². The average molecular weight is 256 g/mol.